The Morgan fingerprint density at radius 1 is 1.31 bits per heavy atom. The predicted molar refractivity (Wildman–Crippen MR) is 84.3 cm³/mol. The summed E-state index contributed by atoms with van der Waals surface area (Å²) in [6.45, 7) is 4.48. The molecule has 0 amide bonds. The number of rotatable bonds is 6. The molecule has 7 heteroatoms. The van der Waals surface area contributed by atoms with Gasteiger partial charge in [-0.25, -0.2) is 0 Å². The van der Waals surface area contributed by atoms with Crippen LogP contribution in [0.25, 0.3) is 0 Å². The third-order valence-corrected chi connectivity index (χ3v) is 6.85. The minimum absolute atomic E-state index is 0.368. The lowest BCUT2D eigenvalue weighted by atomic mass is 10.4. The van der Waals surface area contributed by atoms with E-state index < -0.39 is 7.60 Å². The van der Waals surface area contributed by atoms with E-state index in [1.165, 1.54) is 2.88 Å². The summed E-state index contributed by atoms with van der Waals surface area (Å²) >= 11 is 6.21. The number of hydrogen-bond acceptors (Lipinski definition) is 4. The summed E-state index contributed by atoms with van der Waals surface area (Å²) in [7, 11) is -2.96. The van der Waals surface area contributed by atoms with E-state index in [1.54, 1.807) is 11.3 Å². The van der Waals surface area contributed by atoms with E-state index in [0.717, 1.165) is 8.45 Å². The van der Waals surface area contributed by atoms with Gasteiger partial charge in [0.1, 0.15) is 0 Å². The van der Waals surface area contributed by atoms with Crippen molar-refractivity contribution >= 4 is 64.1 Å². The second kappa shape index (κ2) is 7.04. The number of thiophene rings is 1. The van der Waals surface area contributed by atoms with Crippen LogP contribution in [0.5, 0.6) is 0 Å². The lowest BCUT2D eigenvalue weighted by Crippen LogP contribution is -1.99. The maximum atomic E-state index is 12.3. The van der Waals surface area contributed by atoms with Gasteiger partial charge in [-0.3, -0.25) is 4.57 Å². The first-order valence-electron chi connectivity index (χ1n) is 4.82. The molecule has 1 aromatic rings. The topological polar surface area (TPSA) is 35.5 Å². The molecule has 1 rings (SSSR count). The summed E-state index contributed by atoms with van der Waals surface area (Å²) in [6, 6.07) is 2.04. The largest absolute Gasteiger partial charge is 0.335 e. The summed E-state index contributed by atoms with van der Waals surface area (Å²) in [5.41, 5.74) is 1.06. The highest BCUT2D eigenvalue weighted by Gasteiger charge is 2.25. The van der Waals surface area contributed by atoms with E-state index in [1.807, 2.05) is 19.9 Å². The van der Waals surface area contributed by atoms with Gasteiger partial charge in [-0.2, -0.15) is 0 Å². The van der Waals surface area contributed by atoms with Crippen molar-refractivity contribution in [3.63, 3.8) is 0 Å². The fraction of sp³-hybridized carbons (Fsp3) is 0.556. The Labute approximate surface area is 127 Å². The van der Waals surface area contributed by atoms with Gasteiger partial charge >= 0.3 is 7.60 Å². The zero-order valence-corrected chi connectivity index (χ0v) is 15.1. The molecule has 0 N–H and O–H groups in total. The Morgan fingerprint density at radius 2 is 1.88 bits per heavy atom. The molecule has 0 aromatic carbocycles. The van der Waals surface area contributed by atoms with Gasteiger partial charge in [0.15, 0.2) is 0 Å². The lowest BCUT2D eigenvalue weighted by Gasteiger charge is -2.16. The molecule has 0 bridgehead atoms. The van der Waals surface area contributed by atoms with Crippen LogP contribution in [0.1, 0.15) is 19.4 Å². The lowest BCUT2D eigenvalue weighted by molar-refractivity contribution is 0.219. The summed E-state index contributed by atoms with van der Waals surface area (Å²) in [5.74, 6) is 0. The zero-order chi connectivity index (χ0) is 12.2. The van der Waals surface area contributed by atoms with E-state index in [2.05, 4.69) is 45.2 Å². The highest BCUT2D eigenvalue weighted by molar-refractivity contribution is 14.1. The van der Waals surface area contributed by atoms with Crippen LogP contribution < -0.4 is 0 Å². The van der Waals surface area contributed by atoms with Crippen LogP contribution in [0, 0.1) is 5.77 Å². The molecule has 0 aliphatic carbocycles. The Bertz CT molecular complexity index is 384. The van der Waals surface area contributed by atoms with Crippen molar-refractivity contribution in [2.75, 3.05) is 13.2 Å². The summed E-state index contributed by atoms with van der Waals surface area (Å²) < 4.78 is 25.2. The molecule has 0 unspecified atom stereocenters. The molecular formula is C9H13I2O3PS. The average Bonchev–Trinajstić information content (AvgIpc) is 2.45. The molecule has 0 saturated carbocycles. The van der Waals surface area contributed by atoms with E-state index in [-0.39, 0.29) is 0 Å². The first-order chi connectivity index (χ1) is 7.50. The van der Waals surface area contributed by atoms with E-state index >= 15 is 0 Å². The van der Waals surface area contributed by atoms with Crippen LogP contribution in [-0.4, -0.2) is 13.2 Å². The molecule has 1 heterocycles. The normalized spacial score (nSPS) is 12.0. The van der Waals surface area contributed by atoms with Crippen molar-refractivity contribution in [3.8, 4) is 0 Å². The van der Waals surface area contributed by atoms with Crippen molar-refractivity contribution in [3.05, 3.63) is 17.4 Å². The number of halogens is 2. The highest BCUT2D eigenvalue weighted by atomic mass is 127. The Morgan fingerprint density at radius 3 is 2.25 bits per heavy atom. The van der Waals surface area contributed by atoms with Crippen molar-refractivity contribution in [1.29, 1.82) is 0 Å². The quantitative estimate of drug-likeness (QED) is 0.432. The Balaban J connectivity index is 2.83. The summed E-state index contributed by atoms with van der Waals surface area (Å²) in [4.78, 5) is 0. The van der Waals surface area contributed by atoms with Crippen LogP contribution in [0.2, 0.25) is 0 Å². The minimum atomic E-state index is -2.96. The van der Waals surface area contributed by atoms with Gasteiger partial charge in [-0.05, 0) is 70.7 Å². The second-order valence-electron chi connectivity index (χ2n) is 2.95. The number of hydrogen-bond donors (Lipinski definition) is 0. The first-order valence-corrected chi connectivity index (χ1v) is 9.52. The van der Waals surface area contributed by atoms with Crippen LogP contribution in [0.15, 0.2) is 6.07 Å². The van der Waals surface area contributed by atoms with Gasteiger partial charge < -0.3 is 9.05 Å². The van der Waals surface area contributed by atoms with Gasteiger partial charge in [-0.1, -0.05) is 0 Å². The van der Waals surface area contributed by atoms with Crippen LogP contribution in [0.3, 0.4) is 0 Å². The maximum Gasteiger partial charge on any atom is 0.335 e. The molecule has 0 aliphatic rings. The standard InChI is InChI=1S/C9H13I2O3PS/c1-3-13-15(12,14-4-2)6-7-5-8(10)16-9(7)11/h5H,3-4,6H2,1-2H3. The molecule has 0 radical (unpaired) electrons. The van der Waals surface area contributed by atoms with Gasteiger partial charge in [0.25, 0.3) is 0 Å². The first kappa shape index (κ1) is 15.4. The maximum absolute atomic E-state index is 12.3. The van der Waals surface area contributed by atoms with E-state index in [9.17, 15) is 4.57 Å². The molecule has 92 valence electrons. The van der Waals surface area contributed by atoms with Crippen LogP contribution in [-0.2, 0) is 19.8 Å². The van der Waals surface area contributed by atoms with Crippen LogP contribution >= 0.6 is 64.1 Å². The molecule has 0 spiro atoms. The van der Waals surface area contributed by atoms with Gasteiger partial charge in [0.05, 0.1) is 25.1 Å². The van der Waals surface area contributed by atoms with Gasteiger partial charge in [0.2, 0.25) is 0 Å². The fourth-order valence-electron chi connectivity index (χ4n) is 1.21. The molecule has 3 nitrogen and oxygen atoms in total. The summed E-state index contributed by atoms with van der Waals surface area (Å²) in [5, 5.41) is 0. The fourth-order valence-corrected chi connectivity index (χ4v) is 7.33. The van der Waals surface area contributed by atoms with Gasteiger partial charge in [-0.15, -0.1) is 11.3 Å². The summed E-state index contributed by atoms with van der Waals surface area (Å²) in [6.07, 6.45) is 0.368. The molecule has 0 aliphatic heterocycles. The molecule has 0 fully saturated rings. The average molecular weight is 486 g/mol. The SMILES string of the molecule is CCOP(=O)(Cc1cc(I)sc1I)OCC. The van der Waals surface area contributed by atoms with Crippen molar-refractivity contribution in [2.45, 2.75) is 20.0 Å². The molecule has 1 aromatic heterocycles. The van der Waals surface area contributed by atoms with Crippen molar-refractivity contribution in [1.82, 2.24) is 0 Å². The second-order valence-corrected chi connectivity index (χ2v) is 9.77. The van der Waals surface area contributed by atoms with Crippen molar-refractivity contribution < 1.29 is 13.6 Å². The third kappa shape index (κ3) is 4.53. The smallest absolute Gasteiger partial charge is 0.309 e. The zero-order valence-electron chi connectivity index (χ0n) is 9.03. The molecule has 0 atom stereocenters. The predicted octanol–water partition coefficient (Wildman–Crippen LogP) is 4.72. The van der Waals surface area contributed by atoms with Gasteiger partial charge in [0, 0.05) is 0 Å². The highest BCUT2D eigenvalue weighted by Crippen LogP contribution is 2.52. The minimum Gasteiger partial charge on any atom is -0.309 e. The molecular weight excluding hydrogens is 473 g/mol. The molecule has 0 saturated heterocycles. The van der Waals surface area contributed by atoms with Crippen LogP contribution in [0.4, 0.5) is 0 Å². The molecule has 16 heavy (non-hydrogen) atoms. The monoisotopic (exact) mass is 486 g/mol. The Hall–Kier alpha value is 1.31. The van der Waals surface area contributed by atoms with E-state index in [0.29, 0.717) is 19.4 Å². The Kier molecular flexibility index (Phi) is 6.76. The van der Waals surface area contributed by atoms with Crippen molar-refractivity contribution in [2.24, 2.45) is 0 Å². The third-order valence-electron chi connectivity index (χ3n) is 1.74. The van der Waals surface area contributed by atoms with E-state index in [4.69, 9.17) is 9.05 Å².